The summed E-state index contributed by atoms with van der Waals surface area (Å²) in [5.74, 6) is 0. The summed E-state index contributed by atoms with van der Waals surface area (Å²) >= 11 is 5.76. The lowest BCUT2D eigenvalue weighted by Crippen LogP contribution is -2.52. The second kappa shape index (κ2) is 7.76. The molecule has 2 rings (SSSR count). The second-order valence-electron chi connectivity index (χ2n) is 5.02. The predicted molar refractivity (Wildman–Crippen MR) is 85.7 cm³/mol. The zero-order valence-corrected chi connectivity index (χ0v) is 14.2. The molecule has 0 radical (unpaired) electrons. The molecule has 5 nitrogen and oxygen atoms in total. The van der Waals surface area contributed by atoms with Crippen molar-refractivity contribution < 1.29 is 13.2 Å². The van der Waals surface area contributed by atoms with E-state index in [1.54, 1.807) is 19.2 Å². The summed E-state index contributed by atoms with van der Waals surface area (Å²) in [6, 6.07) is 6.12. The maximum atomic E-state index is 12.2. The largest absolute Gasteiger partial charge is 0.383 e. The van der Waals surface area contributed by atoms with Crippen molar-refractivity contribution in [3.8, 4) is 0 Å². The molecule has 0 aromatic heterocycles. The Kier molecular flexibility index (Phi) is 6.90. The average molecular weight is 355 g/mol. The van der Waals surface area contributed by atoms with Crippen LogP contribution < -0.4 is 10.0 Å². The normalized spacial score (nSPS) is 22.0. The fraction of sp³-hybridized carbons (Fsp3) is 0.538. The van der Waals surface area contributed by atoms with E-state index in [9.17, 15) is 8.42 Å². The molecule has 1 aliphatic rings. The highest BCUT2D eigenvalue weighted by Gasteiger charge is 2.34. The van der Waals surface area contributed by atoms with Gasteiger partial charge in [0.15, 0.2) is 0 Å². The highest BCUT2D eigenvalue weighted by molar-refractivity contribution is 7.89. The van der Waals surface area contributed by atoms with Gasteiger partial charge >= 0.3 is 0 Å². The Morgan fingerprint density at radius 1 is 1.38 bits per heavy atom. The van der Waals surface area contributed by atoms with Gasteiger partial charge in [-0.05, 0) is 43.7 Å². The first kappa shape index (κ1) is 18.7. The van der Waals surface area contributed by atoms with E-state index in [0.29, 0.717) is 18.2 Å². The van der Waals surface area contributed by atoms with Gasteiger partial charge < -0.3 is 10.1 Å². The van der Waals surface area contributed by atoms with Crippen molar-refractivity contribution in [1.29, 1.82) is 0 Å². The first-order valence-corrected chi connectivity index (χ1v) is 8.33. The Bertz CT molecular complexity index is 543. The third kappa shape index (κ3) is 4.81. The van der Waals surface area contributed by atoms with Crippen LogP contribution in [0, 0.1) is 0 Å². The molecule has 2 N–H and O–H groups in total. The van der Waals surface area contributed by atoms with Gasteiger partial charge in [0.1, 0.15) is 0 Å². The van der Waals surface area contributed by atoms with E-state index >= 15 is 0 Å². The Morgan fingerprint density at radius 2 is 2.05 bits per heavy atom. The molecule has 1 aromatic carbocycles. The highest BCUT2D eigenvalue weighted by Crippen LogP contribution is 2.20. The number of halogens is 2. The average Bonchev–Trinajstić information content (AvgIpc) is 2.87. The topological polar surface area (TPSA) is 67.4 Å². The first-order chi connectivity index (χ1) is 9.47. The van der Waals surface area contributed by atoms with E-state index in [4.69, 9.17) is 16.3 Å². The van der Waals surface area contributed by atoms with Crippen LogP contribution in [0.2, 0.25) is 5.02 Å². The van der Waals surface area contributed by atoms with E-state index in [1.165, 1.54) is 12.1 Å². The quantitative estimate of drug-likeness (QED) is 0.817. The summed E-state index contributed by atoms with van der Waals surface area (Å²) in [6.45, 7) is 1.67. The molecular weight excluding hydrogens is 335 g/mol. The summed E-state index contributed by atoms with van der Waals surface area (Å²) in [5.41, 5.74) is -0.311. The lowest BCUT2D eigenvalue weighted by atomic mass is 9.99. The Hall–Kier alpha value is -0.370. The van der Waals surface area contributed by atoms with Crippen LogP contribution in [0.4, 0.5) is 0 Å². The molecule has 1 heterocycles. The minimum absolute atomic E-state index is 0. The summed E-state index contributed by atoms with van der Waals surface area (Å²) in [6.07, 6.45) is 1.91. The summed E-state index contributed by atoms with van der Waals surface area (Å²) < 4.78 is 32.3. The minimum atomic E-state index is -3.53. The van der Waals surface area contributed by atoms with Crippen LogP contribution in [0.5, 0.6) is 0 Å². The number of hydrogen-bond acceptors (Lipinski definition) is 4. The number of nitrogens with one attached hydrogen (secondary N) is 2. The molecule has 1 unspecified atom stereocenters. The number of methoxy groups -OCH3 is 1. The van der Waals surface area contributed by atoms with E-state index in [1.807, 2.05) is 0 Å². The van der Waals surface area contributed by atoms with Crippen LogP contribution in [0.3, 0.4) is 0 Å². The van der Waals surface area contributed by atoms with Gasteiger partial charge in [-0.3, -0.25) is 0 Å². The first-order valence-electron chi connectivity index (χ1n) is 6.47. The van der Waals surface area contributed by atoms with Gasteiger partial charge in [-0.15, -0.1) is 12.4 Å². The van der Waals surface area contributed by atoms with Crippen molar-refractivity contribution in [3.63, 3.8) is 0 Å². The van der Waals surface area contributed by atoms with Crippen molar-refractivity contribution in [2.24, 2.45) is 0 Å². The number of hydrogen-bond donors (Lipinski definition) is 2. The molecule has 1 atom stereocenters. The van der Waals surface area contributed by atoms with Crippen molar-refractivity contribution in [1.82, 2.24) is 10.0 Å². The molecule has 1 saturated heterocycles. The van der Waals surface area contributed by atoms with Crippen LogP contribution in [0.1, 0.15) is 12.8 Å². The molecule has 1 fully saturated rings. The molecule has 0 aliphatic carbocycles. The lowest BCUT2D eigenvalue weighted by molar-refractivity contribution is 0.122. The molecule has 0 saturated carbocycles. The van der Waals surface area contributed by atoms with Gasteiger partial charge in [0.25, 0.3) is 0 Å². The van der Waals surface area contributed by atoms with E-state index in [2.05, 4.69) is 10.0 Å². The molecule has 0 spiro atoms. The molecule has 120 valence electrons. The maximum Gasteiger partial charge on any atom is 0.240 e. The van der Waals surface area contributed by atoms with Crippen molar-refractivity contribution in [2.45, 2.75) is 23.3 Å². The van der Waals surface area contributed by atoms with E-state index in [0.717, 1.165) is 19.4 Å². The zero-order valence-electron chi connectivity index (χ0n) is 11.8. The van der Waals surface area contributed by atoms with Crippen LogP contribution in [-0.4, -0.2) is 40.8 Å². The third-order valence-corrected chi connectivity index (χ3v) is 5.15. The number of benzene rings is 1. The fourth-order valence-electron chi connectivity index (χ4n) is 2.40. The van der Waals surface area contributed by atoms with Crippen LogP contribution in [-0.2, 0) is 14.8 Å². The summed E-state index contributed by atoms with van der Waals surface area (Å²) in [7, 11) is -1.90. The fourth-order valence-corrected chi connectivity index (χ4v) is 3.65. The van der Waals surface area contributed by atoms with Crippen LogP contribution in [0.15, 0.2) is 29.2 Å². The van der Waals surface area contributed by atoms with Gasteiger partial charge in [0.2, 0.25) is 10.0 Å². The van der Waals surface area contributed by atoms with Gasteiger partial charge in [0.05, 0.1) is 17.0 Å². The Labute approximate surface area is 136 Å². The van der Waals surface area contributed by atoms with Crippen LogP contribution >= 0.6 is 24.0 Å². The molecule has 1 aliphatic heterocycles. The monoisotopic (exact) mass is 354 g/mol. The van der Waals surface area contributed by atoms with E-state index in [-0.39, 0.29) is 22.8 Å². The maximum absolute atomic E-state index is 12.2. The minimum Gasteiger partial charge on any atom is -0.383 e. The molecule has 1 aromatic rings. The van der Waals surface area contributed by atoms with Gasteiger partial charge in [0, 0.05) is 18.7 Å². The van der Waals surface area contributed by atoms with E-state index < -0.39 is 10.0 Å². The van der Waals surface area contributed by atoms with Gasteiger partial charge in [-0.1, -0.05) is 11.6 Å². The SMILES string of the molecule is COCC1(CNS(=O)(=O)c2ccc(Cl)cc2)CCCN1.Cl. The van der Waals surface area contributed by atoms with Crippen molar-refractivity contribution in [2.75, 3.05) is 26.8 Å². The van der Waals surface area contributed by atoms with Crippen LogP contribution in [0.25, 0.3) is 0 Å². The number of rotatable bonds is 6. The molecule has 21 heavy (non-hydrogen) atoms. The Balaban J connectivity index is 0.00000220. The second-order valence-corrected chi connectivity index (χ2v) is 7.23. The number of ether oxygens (including phenoxy) is 1. The Morgan fingerprint density at radius 3 is 2.57 bits per heavy atom. The third-order valence-electron chi connectivity index (χ3n) is 3.48. The number of sulfonamides is 1. The van der Waals surface area contributed by atoms with Crippen molar-refractivity contribution >= 4 is 34.0 Å². The molecule has 8 heteroatoms. The van der Waals surface area contributed by atoms with Gasteiger partial charge in [-0.25, -0.2) is 13.1 Å². The molecule has 0 amide bonds. The smallest absolute Gasteiger partial charge is 0.240 e. The van der Waals surface area contributed by atoms with Gasteiger partial charge in [-0.2, -0.15) is 0 Å². The predicted octanol–water partition coefficient (Wildman–Crippen LogP) is 1.81. The van der Waals surface area contributed by atoms with Crippen molar-refractivity contribution in [3.05, 3.63) is 29.3 Å². The standard InChI is InChI=1S/C13H19ClN2O3S.ClH/c1-19-10-13(7-2-8-15-13)9-16-20(17,18)12-5-3-11(14)4-6-12;/h3-6,15-16H,2,7-10H2,1H3;1H. The highest BCUT2D eigenvalue weighted by atomic mass is 35.5. The summed E-state index contributed by atoms with van der Waals surface area (Å²) in [4.78, 5) is 0.215. The molecular formula is C13H20Cl2N2O3S. The zero-order chi connectivity index (χ0) is 14.6. The molecule has 0 bridgehead atoms. The lowest BCUT2D eigenvalue weighted by Gasteiger charge is -2.28. The summed E-state index contributed by atoms with van der Waals surface area (Å²) in [5, 5.41) is 3.84.